The van der Waals surface area contributed by atoms with Gasteiger partial charge in [0.1, 0.15) is 0 Å². The SMILES string of the molecule is COc1cc(/C=C/C(=O)OCC(=O)c2cn(CCC#N)c3ccccc23)ccc1OCC(N)=O. The van der Waals surface area contributed by atoms with Crippen molar-refractivity contribution in [3.8, 4) is 17.6 Å². The second-order valence-corrected chi connectivity index (χ2v) is 7.19. The number of ether oxygens (including phenoxy) is 3. The third-order valence-electron chi connectivity index (χ3n) is 4.87. The number of benzene rings is 2. The zero-order valence-corrected chi connectivity index (χ0v) is 18.5. The van der Waals surface area contributed by atoms with Gasteiger partial charge in [0.15, 0.2) is 24.7 Å². The number of fused-ring (bicyclic) bond motifs is 1. The van der Waals surface area contributed by atoms with E-state index in [9.17, 15) is 14.4 Å². The maximum absolute atomic E-state index is 12.7. The molecule has 0 radical (unpaired) electrons. The number of hydrogen-bond donors (Lipinski definition) is 1. The average molecular weight is 461 g/mol. The number of aromatic nitrogens is 1. The quantitative estimate of drug-likeness (QED) is 0.264. The second kappa shape index (κ2) is 11.3. The molecule has 0 saturated heterocycles. The van der Waals surface area contributed by atoms with Crippen LogP contribution in [0.3, 0.4) is 0 Å². The molecule has 0 spiro atoms. The van der Waals surface area contributed by atoms with E-state index in [1.165, 1.54) is 19.3 Å². The molecule has 3 aromatic rings. The molecule has 9 nitrogen and oxygen atoms in total. The first kappa shape index (κ1) is 24.1. The van der Waals surface area contributed by atoms with Gasteiger partial charge >= 0.3 is 5.97 Å². The third kappa shape index (κ3) is 6.01. The molecule has 2 N–H and O–H groups in total. The zero-order chi connectivity index (χ0) is 24.5. The molecule has 174 valence electrons. The summed E-state index contributed by atoms with van der Waals surface area (Å²) in [7, 11) is 1.44. The van der Waals surface area contributed by atoms with Crippen LogP contribution >= 0.6 is 0 Å². The van der Waals surface area contributed by atoms with Crippen LogP contribution < -0.4 is 15.2 Å². The van der Waals surface area contributed by atoms with E-state index in [0.717, 1.165) is 10.9 Å². The van der Waals surface area contributed by atoms with Crippen molar-refractivity contribution in [2.45, 2.75) is 13.0 Å². The molecule has 0 aliphatic heterocycles. The van der Waals surface area contributed by atoms with Gasteiger partial charge in [0.05, 0.1) is 19.6 Å². The number of carbonyl (C=O) groups is 3. The number of rotatable bonds is 11. The molecule has 1 aromatic heterocycles. The van der Waals surface area contributed by atoms with Gasteiger partial charge in [-0.25, -0.2) is 4.79 Å². The number of nitrogens with two attached hydrogens (primary N) is 1. The summed E-state index contributed by atoms with van der Waals surface area (Å²) in [5, 5.41) is 9.60. The summed E-state index contributed by atoms with van der Waals surface area (Å²) in [5.74, 6) is -0.948. The number of primary amides is 1. The number of ketones is 1. The Balaban J connectivity index is 1.63. The van der Waals surface area contributed by atoms with E-state index in [1.807, 2.05) is 28.8 Å². The molecule has 3 rings (SSSR count). The van der Waals surface area contributed by atoms with Crippen molar-refractivity contribution >= 4 is 34.6 Å². The fourth-order valence-corrected chi connectivity index (χ4v) is 3.31. The van der Waals surface area contributed by atoms with Gasteiger partial charge in [0, 0.05) is 35.3 Å². The van der Waals surface area contributed by atoms with E-state index < -0.39 is 18.5 Å². The number of para-hydroxylation sites is 1. The maximum atomic E-state index is 12.7. The highest BCUT2D eigenvalue weighted by molar-refractivity contribution is 6.09. The van der Waals surface area contributed by atoms with Crippen molar-refractivity contribution in [1.29, 1.82) is 5.26 Å². The van der Waals surface area contributed by atoms with Gasteiger partial charge in [-0.2, -0.15) is 5.26 Å². The van der Waals surface area contributed by atoms with Gasteiger partial charge in [-0.15, -0.1) is 0 Å². The first-order valence-corrected chi connectivity index (χ1v) is 10.3. The van der Waals surface area contributed by atoms with Gasteiger partial charge in [0.2, 0.25) is 5.78 Å². The molecule has 1 amide bonds. The van der Waals surface area contributed by atoms with Crippen LogP contribution in [0.1, 0.15) is 22.3 Å². The number of amides is 1. The molecule has 1 heterocycles. The number of nitriles is 1. The summed E-state index contributed by atoms with van der Waals surface area (Å²) in [5.41, 5.74) is 6.96. The molecule has 0 aliphatic carbocycles. The monoisotopic (exact) mass is 461 g/mol. The van der Waals surface area contributed by atoms with Crippen LogP contribution in [0.2, 0.25) is 0 Å². The molecular weight excluding hydrogens is 438 g/mol. The Morgan fingerprint density at radius 2 is 1.91 bits per heavy atom. The van der Waals surface area contributed by atoms with E-state index in [0.29, 0.717) is 35.6 Å². The number of nitrogens with zero attached hydrogens (tertiary/aromatic N) is 2. The smallest absolute Gasteiger partial charge is 0.331 e. The van der Waals surface area contributed by atoms with Crippen LogP contribution in [0.25, 0.3) is 17.0 Å². The van der Waals surface area contributed by atoms with Crippen molar-refractivity contribution in [2.24, 2.45) is 5.73 Å². The van der Waals surface area contributed by atoms with Crippen LogP contribution in [0, 0.1) is 11.3 Å². The molecule has 2 aromatic carbocycles. The van der Waals surface area contributed by atoms with Crippen LogP contribution in [-0.2, 0) is 20.9 Å². The minimum atomic E-state index is -0.686. The summed E-state index contributed by atoms with van der Waals surface area (Å²) in [6, 6.07) is 14.3. The number of aryl methyl sites for hydroxylation is 1. The summed E-state index contributed by atoms with van der Waals surface area (Å²) in [4.78, 5) is 35.7. The summed E-state index contributed by atoms with van der Waals surface area (Å²) >= 11 is 0. The van der Waals surface area contributed by atoms with Crippen molar-refractivity contribution in [1.82, 2.24) is 4.57 Å². The van der Waals surface area contributed by atoms with E-state index >= 15 is 0 Å². The van der Waals surface area contributed by atoms with Crippen LogP contribution in [0.15, 0.2) is 54.7 Å². The molecular formula is C25H23N3O6. The predicted molar refractivity (Wildman–Crippen MR) is 124 cm³/mol. The van der Waals surface area contributed by atoms with Crippen molar-refractivity contribution in [3.05, 3.63) is 65.9 Å². The molecule has 34 heavy (non-hydrogen) atoms. The Hall–Kier alpha value is -4.58. The maximum Gasteiger partial charge on any atom is 0.331 e. The van der Waals surface area contributed by atoms with Crippen molar-refractivity contribution < 1.29 is 28.6 Å². The zero-order valence-electron chi connectivity index (χ0n) is 18.5. The van der Waals surface area contributed by atoms with E-state index in [1.54, 1.807) is 24.4 Å². The van der Waals surface area contributed by atoms with Gasteiger partial charge in [-0.1, -0.05) is 24.3 Å². The van der Waals surface area contributed by atoms with Crippen molar-refractivity contribution in [3.63, 3.8) is 0 Å². The molecule has 0 aliphatic rings. The molecule has 0 atom stereocenters. The number of Topliss-reactive ketones (excluding diaryl/α,β-unsaturated/α-hetero) is 1. The van der Waals surface area contributed by atoms with E-state index in [2.05, 4.69) is 6.07 Å². The molecule has 9 heteroatoms. The topological polar surface area (TPSA) is 134 Å². The fraction of sp³-hybridized carbons (Fsp3) is 0.200. The highest BCUT2D eigenvalue weighted by Crippen LogP contribution is 2.28. The lowest BCUT2D eigenvalue weighted by Gasteiger charge is -2.09. The Bertz CT molecular complexity index is 1290. The Labute approximate surface area is 195 Å². The lowest BCUT2D eigenvalue weighted by molar-refractivity contribution is -0.136. The molecule has 0 unspecified atom stereocenters. The predicted octanol–water partition coefficient (Wildman–Crippen LogP) is 2.87. The second-order valence-electron chi connectivity index (χ2n) is 7.19. The highest BCUT2D eigenvalue weighted by atomic mass is 16.5. The van der Waals surface area contributed by atoms with Crippen LogP contribution in [0.4, 0.5) is 0 Å². The minimum Gasteiger partial charge on any atom is -0.493 e. The van der Waals surface area contributed by atoms with Gasteiger partial charge < -0.3 is 24.5 Å². The number of esters is 1. The largest absolute Gasteiger partial charge is 0.493 e. The molecule has 0 saturated carbocycles. The minimum absolute atomic E-state index is 0.289. The van der Waals surface area contributed by atoms with Crippen LogP contribution in [-0.4, -0.2) is 42.6 Å². The number of hydrogen-bond acceptors (Lipinski definition) is 7. The lowest BCUT2D eigenvalue weighted by atomic mass is 10.1. The van der Waals surface area contributed by atoms with Gasteiger partial charge in [0.25, 0.3) is 5.91 Å². The lowest BCUT2D eigenvalue weighted by Crippen LogP contribution is -2.20. The number of carbonyl (C=O) groups excluding carboxylic acids is 3. The van der Waals surface area contributed by atoms with Crippen molar-refractivity contribution in [2.75, 3.05) is 20.3 Å². The Kier molecular flexibility index (Phi) is 8.02. The summed E-state index contributed by atoms with van der Waals surface area (Å²) < 4.78 is 17.4. The average Bonchev–Trinajstić information content (AvgIpc) is 3.22. The van der Waals surface area contributed by atoms with Crippen LogP contribution in [0.5, 0.6) is 11.5 Å². The molecule has 0 bridgehead atoms. The fourth-order valence-electron chi connectivity index (χ4n) is 3.31. The van der Waals surface area contributed by atoms with Gasteiger partial charge in [-0.05, 0) is 29.8 Å². The first-order valence-electron chi connectivity index (χ1n) is 10.3. The first-order chi connectivity index (χ1) is 16.4. The standard InChI is InChI=1S/C25H23N3O6/c1-32-23-13-17(7-9-22(23)33-16-24(27)30)8-10-25(31)34-15-21(29)19-14-28(12-4-11-26)20-6-3-2-5-18(19)20/h2-3,5-10,13-14H,4,12,15-16H2,1H3,(H2,27,30)/b10-8+. The Morgan fingerprint density at radius 3 is 2.65 bits per heavy atom. The third-order valence-corrected chi connectivity index (χ3v) is 4.87. The number of methoxy groups -OCH3 is 1. The van der Waals surface area contributed by atoms with E-state index in [-0.39, 0.29) is 12.4 Å². The highest BCUT2D eigenvalue weighted by Gasteiger charge is 2.16. The summed E-state index contributed by atoms with van der Waals surface area (Å²) in [6.07, 6.45) is 4.69. The van der Waals surface area contributed by atoms with Gasteiger partial charge in [-0.3, -0.25) is 9.59 Å². The van der Waals surface area contributed by atoms with E-state index in [4.69, 9.17) is 25.2 Å². The Morgan fingerprint density at radius 1 is 1.12 bits per heavy atom. The molecule has 0 fully saturated rings. The normalized spacial score (nSPS) is 10.7. The summed E-state index contributed by atoms with van der Waals surface area (Å²) in [6.45, 7) is -0.246.